The molecule has 5 nitrogen and oxygen atoms in total. The van der Waals surface area contributed by atoms with Gasteiger partial charge in [0.1, 0.15) is 0 Å². The fraction of sp³-hybridized carbons (Fsp3) is 0. The topological polar surface area (TPSA) is 71.1 Å². The van der Waals surface area contributed by atoms with Crippen LogP contribution in [0.2, 0.25) is 10.0 Å². The van der Waals surface area contributed by atoms with E-state index in [1.165, 1.54) is 6.20 Å². The van der Waals surface area contributed by atoms with Crippen molar-refractivity contribution >= 4 is 46.4 Å². The van der Waals surface area contributed by atoms with Crippen LogP contribution in [0.15, 0.2) is 42.7 Å². The lowest BCUT2D eigenvalue weighted by molar-refractivity contribution is -0.132. The van der Waals surface area contributed by atoms with Crippen molar-refractivity contribution in [1.82, 2.24) is 4.98 Å². The number of rotatable bonds is 2. The van der Waals surface area contributed by atoms with E-state index in [1.807, 2.05) is 0 Å². The fourth-order valence-corrected chi connectivity index (χ4v) is 1.75. The van der Waals surface area contributed by atoms with Crippen molar-refractivity contribution in [1.29, 1.82) is 0 Å². The lowest BCUT2D eigenvalue weighted by Crippen LogP contribution is -2.29. The molecule has 0 bridgehead atoms. The summed E-state index contributed by atoms with van der Waals surface area (Å²) in [7, 11) is 0. The molecule has 7 heteroatoms. The number of anilines is 2. The van der Waals surface area contributed by atoms with Gasteiger partial charge in [0.15, 0.2) is 0 Å². The van der Waals surface area contributed by atoms with E-state index < -0.39 is 11.8 Å². The first-order chi connectivity index (χ1) is 9.58. The molecule has 102 valence electrons. The van der Waals surface area contributed by atoms with E-state index in [4.69, 9.17) is 23.2 Å². The highest BCUT2D eigenvalue weighted by Crippen LogP contribution is 2.29. The molecule has 2 amide bonds. The van der Waals surface area contributed by atoms with Crippen LogP contribution in [0.5, 0.6) is 0 Å². The molecule has 0 aliphatic heterocycles. The third kappa shape index (κ3) is 3.46. The van der Waals surface area contributed by atoms with Gasteiger partial charge < -0.3 is 10.6 Å². The second-order valence-electron chi connectivity index (χ2n) is 3.75. The summed E-state index contributed by atoms with van der Waals surface area (Å²) in [5, 5.41) is 5.26. The average Bonchev–Trinajstić information content (AvgIpc) is 2.45. The fourth-order valence-electron chi connectivity index (χ4n) is 1.40. The van der Waals surface area contributed by atoms with Crippen molar-refractivity contribution in [2.75, 3.05) is 10.6 Å². The molecule has 0 aliphatic carbocycles. The van der Waals surface area contributed by atoms with Crippen LogP contribution >= 0.6 is 23.2 Å². The molecule has 0 saturated carbocycles. The molecule has 0 atom stereocenters. The number of pyridine rings is 1. The second-order valence-corrected chi connectivity index (χ2v) is 4.54. The number of aromatic nitrogens is 1. The Morgan fingerprint density at radius 1 is 1.00 bits per heavy atom. The normalized spacial score (nSPS) is 9.90. The summed E-state index contributed by atoms with van der Waals surface area (Å²) in [6.45, 7) is 0. The minimum atomic E-state index is -0.849. The molecule has 1 heterocycles. The molecule has 0 aliphatic rings. The van der Waals surface area contributed by atoms with E-state index in [2.05, 4.69) is 15.6 Å². The van der Waals surface area contributed by atoms with E-state index in [1.54, 1.807) is 36.5 Å². The van der Waals surface area contributed by atoms with Crippen LogP contribution in [-0.4, -0.2) is 16.8 Å². The number of benzene rings is 1. The first-order valence-corrected chi connectivity index (χ1v) is 6.30. The maximum absolute atomic E-state index is 11.7. The van der Waals surface area contributed by atoms with E-state index in [0.717, 1.165) is 0 Å². The van der Waals surface area contributed by atoms with Crippen LogP contribution in [0.1, 0.15) is 0 Å². The monoisotopic (exact) mass is 309 g/mol. The van der Waals surface area contributed by atoms with Crippen LogP contribution < -0.4 is 10.6 Å². The number of hydrogen-bond donors (Lipinski definition) is 2. The largest absolute Gasteiger partial charge is 0.316 e. The maximum Gasteiger partial charge on any atom is 0.314 e. The lowest BCUT2D eigenvalue weighted by atomic mass is 10.3. The molecular formula is C13H9Cl2N3O2. The number of nitrogens with zero attached hydrogens (tertiary/aromatic N) is 1. The van der Waals surface area contributed by atoms with Gasteiger partial charge in [-0.15, -0.1) is 0 Å². The van der Waals surface area contributed by atoms with Crippen molar-refractivity contribution in [3.63, 3.8) is 0 Å². The maximum atomic E-state index is 11.7. The molecule has 1 aromatic carbocycles. The van der Waals surface area contributed by atoms with Gasteiger partial charge in [0.25, 0.3) is 0 Å². The minimum Gasteiger partial charge on any atom is -0.316 e. The van der Waals surface area contributed by atoms with Gasteiger partial charge >= 0.3 is 11.8 Å². The lowest BCUT2D eigenvalue weighted by Gasteiger charge is -2.08. The van der Waals surface area contributed by atoms with Gasteiger partial charge in [0.05, 0.1) is 27.6 Å². The van der Waals surface area contributed by atoms with Crippen LogP contribution in [-0.2, 0) is 9.59 Å². The Labute approximate surface area is 124 Å². The Morgan fingerprint density at radius 2 is 1.75 bits per heavy atom. The summed E-state index contributed by atoms with van der Waals surface area (Å²) in [6, 6.07) is 7.99. The second kappa shape index (κ2) is 6.36. The van der Waals surface area contributed by atoms with Gasteiger partial charge in [-0.3, -0.25) is 14.6 Å². The summed E-state index contributed by atoms with van der Waals surface area (Å²) in [5.41, 5.74) is 0.690. The molecule has 0 fully saturated rings. The summed E-state index contributed by atoms with van der Waals surface area (Å²) in [5.74, 6) is -1.67. The first kappa shape index (κ1) is 14.3. The Hall–Kier alpha value is -2.11. The summed E-state index contributed by atoms with van der Waals surface area (Å²) < 4.78 is 0. The number of carbonyl (C=O) groups excluding carboxylic acids is 2. The van der Waals surface area contributed by atoms with E-state index >= 15 is 0 Å². The smallest absolute Gasteiger partial charge is 0.314 e. The quantitative estimate of drug-likeness (QED) is 0.838. The van der Waals surface area contributed by atoms with Crippen molar-refractivity contribution in [2.24, 2.45) is 0 Å². The van der Waals surface area contributed by atoms with E-state index in [0.29, 0.717) is 5.69 Å². The number of halogens is 2. The van der Waals surface area contributed by atoms with Crippen molar-refractivity contribution in [3.8, 4) is 0 Å². The zero-order valence-electron chi connectivity index (χ0n) is 10.1. The number of amides is 2. The highest BCUT2D eigenvalue weighted by Gasteiger charge is 2.16. The third-order valence-corrected chi connectivity index (χ3v) is 3.14. The van der Waals surface area contributed by atoms with Crippen LogP contribution in [0.3, 0.4) is 0 Å². The van der Waals surface area contributed by atoms with E-state index in [9.17, 15) is 9.59 Å². The highest BCUT2D eigenvalue weighted by molar-refractivity contribution is 6.47. The Kier molecular flexibility index (Phi) is 4.55. The number of nitrogens with one attached hydrogen (secondary N) is 2. The molecule has 0 spiro atoms. The molecular weight excluding hydrogens is 301 g/mol. The van der Waals surface area contributed by atoms with Crippen molar-refractivity contribution in [3.05, 3.63) is 52.8 Å². The SMILES string of the molecule is O=C(Nc1cccnc1)C(=O)Nc1cccc(Cl)c1Cl. The van der Waals surface area contributed by atoms with Gasteiger partial charge in [0.2, 0.25) is 0 Å². The van der Waals surface area contributed by atoms with E-state index in [-0.39, 0.29) is 15.7 Å². The molecule has 0 unspecified atom stereocenters. The standard InChI is InChI=1S/C13H9Cl2N3O2/c14-9-4-1-5-10(11(9)15)18-13(20)12(19)17-8-3-2-6-16-7-8/h1-7H,(H,17,19)(H,18,20). The predicted molar refractivity (Wildman–Crippen MR) is 78.0 cm³/mol. The molecule has 2 rings (SSSR count). The Morgan fingerprint density at radius 3 is 2.45 bits per heavy atom. The summed E-state index contributed by atoms with van der Waals surface area (Å²) >= 11 is 11.7. The highest BCUT2D eigenvalue weighted by atomic mass is 35.5. The van der Waals surface area contributed by atoms with Gasteiger partial charge in [-0.25, -0.2) is 0 Å². The predicted octanol–water partition coefficient (Wildman–Crippen LogP) is 2.97. The van der Waals surface area contributed by atoms with Gasteiger partial charge in [0, 0.05) is 6.20 Å². The minimum absolute atomic E-state index is 0.177. The van der Waals surface area contributed by atoms with Gasteiger partial charge in [-0.05, 0) is 24.3 Å². The number of carbonyl (C=O) groups is 2. The molecule has 20 heavy (non-hydrogen) atoms. The third-order valence-electron chi connectivity index (χ3n) is 2.33. The Bertz CT molecular complexity index is 647. The average molecular weight is 310 g/mol. The number of hydrogen-bond acceptors (Lipinski definition) is 3. The van der Waals surface area contributed by atoms with Crippen LogP contribution in [0.4, 0.5) is 11.4 Å². The van der Waals surface area contributed by atoms with Crippen molar-refractivity contribution in [2.45, 2.75) is 0 Å². The first-order valence-electron chi connectivity index (χ1n) is 5.54. The van der Waals surface area contributed by atoms with Crippen LogP contribution in [0, 0.1) is 0 Å². The zero-order valence-corrected chi connectivity index (χ0v) is 11.6. The van der Waals surface area contributed by atoms with Gasteiger partial charge in [-0.2, -0.15) is 0 Å². The molecule has 0 radical (unpaired) electrons. The zero-order chi connectivity index (χ0) is 14.5. The molecule has 2 aromatic rings. The molecule has 0 saturated heterocycles. The molecule has 2 N–H and O–H groups in total. The molecule has 1 aromatic heterocycles. The summed E-state index contributed by atoms with van der Waals surface area (Å²) in [4.78, 5) is 27.2. The van der Waals surface area contributed by atoms with Crippen LogP contribution in [0.25, 0.3) is 0 Å². The Balaban J connectivity index is 2.05. The van der Waals surface area contributed by atoms with Gasteiger partial charge in [-0.1, -0.05) is 29.3 Å². The van der Waals surface area contributed by atoms with Crippen molar-refractivity contribution < 1.29 is 9.59 Å². The summed E-state index contributed by atoms with van der Waals surface area (Å²) in [6.07, 6.45) is 2.99.